The third-order valence-corrected chi connectivity index (χ3v) is 3.39. The maximum absolute atomic E-state index is 5.61. The molecular formula is C14H17N3OS. The summed E-state index contributed by atoms with van der Waals surface area (Å²) in [6.07, 6.45) is 4.62. The first-order valence-electron chi connectivity index (χ1n) is 6.14. The van der Waals surface area contributed by atoms with E-state index in [0.717, 1.165) is 34.3 Å². The normalized spacial score (nSPS) is 10.4. The molecule has 100 valence electrons. The van der Waals surface area contributed by atoms with Crippen LogP contribution in [0, 0.1) is 6.92 Å². The van der Waals surface area contributed by atoms with Crippen molar-refractivity contribution in [3.05, 3.63) is 42.2 Å². The molecule has 4 nitrogen and oxygen atoms in total. The van der Waals surface area contributed by atoms with E-state index in [1.807, 2.05) is 43.6 Å². The topological polar surface area (TPSA) is 61.0 Å². The van der Waals surface area contributed by atoms with Crippen LogP contribution in [0.15, 0.2) is 41.8 Å². The number of thioether (sulfide) groups is 1. The van der Waals surface area contributed by atoms with Gasteiger partial charge >= 0.3 is 0 Å². The number of benzene rings is 1. The molecule has 0 amide bonds. The van der Waals surface area contributed by atoms with Gasteiger partial charge in [0.2, 0.25) is 0 Å². The minimum absolute atomic E-state index is 0.683. The Kier molecular flexibility index (Phi) is 5.03. The van der Waals surface area contributed by atoms with Crippen molar-refractivity contribution in [2.24, 2.45) is 0 Å². The van der Waals surface area contributed by atoms with Gasteiger partial charge in [0.05, 0.1) is 6.61 Å². The summed E-state index contributed by atoms with van der Waals surface area (Å²) in [5, 5.41) is 0.818. The molecule has 0 saturated carbocycles. The molecule has 0 saturated heterocycles. The Morgan fingerprint density at radius 3 is 2.53 bits per heavy atom. The average molecular weight is 275 g/mol. The maximum Gasteiger partial charge on any atom is 0.187 e. The predicted molar refractivity (Wildman–Crippen MR) is 78.5 cm³/mol. The van der Waals surface area contributed by atoms with E-state index in [9.17, 15) is 0 Å². The van der Waals surface area contributed by atoms with E-state index in [1.54, 1.807) is 11.8 Å². The summed E-state index contributed by atoms with van der Waals surface area (Å²) >= 11 is 1.64. The third-order valence-electron chi connectivity index (χ3n) is 2.43. The summed E-state index contributed by atoms with van der Waals surface area (Å²) in [5.41, 5.74) is 7.43. The number of aryl methyl sites for hydroxylation is 1. The lowest BCUT2D eigenvalue weighted by atomic mass is 10.3. The minimum Gasteiger partial charge on any atom is -0.494 e. The lowest BCUT2D eigenvalue weighted by Crippen LogP contribution is -1.99. The monoisotopic (exact) mass is 275 g/mol. The first kappa shape index (κ1) is 13.7. The fourth-order valence-corrected chi connectivity index (χ4v) is 2.13. The molecule has 19 heavy (non-hydrogen) atoms. The molecule has 0 aliphatic heterocycles. The van der Waals surface area contributed by atoms with Crippen LogP contribution in [0.2, 0.25) is 0 Å². The van der Waals surface area contributed by atoms with Crippen LogP contribution in [0.25, 0.3) is 0 Å². The Labute approximate surface area is 117 Å². The second kappa shape index (κ2) is 6.99. The fourth-order valence-electron chi connectivity index (χ4n) is 1.43. The molecule has 0 aliphatic carbocycles. The molecule has 1 aromatic heterocycles. The number of ether oxygens (including phenoxy) is 1. The van der Waals surface area contributed by atoms with Gasteiger partial charge in [-0.1, -0.05) is 11.8 Å². The van der Waals surface area contributed by atoms with Gasteiger partial charge in [0.15, 0.2) is 5.16 Å². The maximum atomic E-state index is 5.61. The van der Waals surface area contributed by atoms with Crippen LogP contribution in [0.1, 0.15) is 12.0 Å². The Hall–Kier alpha value is -1.75. The number of aromatic nitrogens is 2. The largest absolute Gasteiger partial charge is 0.494 e. The van der Waals surface area contributed by atoms with Gasteiger partial charge < -0.3 is 10.5 Å². The van der Waals surface area contributed by atoms with Gasteiger partial charge in [0, 0.05) is 23.8 Å². The molecule has 1 heterocycles. The van der Waals surface area contributed by atoms with E-state index in [2.05, 4.69) is 9.97 Å². The van der Waals surface area contributed by atoms with Crippen molar-refractivity contribution in [3.8, 4) is 5.75 Å². The van der Waals surface area contributed by atoms with Crippen LogP contribution < -0.4 is 10.5 Å². The zero-order chi connectivity index (χ0) is 13.5. The second-order valence-corrected chi connectivity index (χ2v) is 5.22. The van der Waals surface area contributed by atoms with Crippen LogP contribution in [0.3, 0.4) is 0 Å². The Balaban J connectivity index is 1.64. The van der Waals surface area contributed by atoms with E-state index in [0.29, 0.717) is 6.61 Å². The van der Waals surface area contributed by atoms with E-state index < -0.39 is 0 Å². The molecule has 0 radical (unpaired) electrons. The van der Waals surface area contributed by atoms with Crippen molar-refractivity contribution in [1.82, 2.24) is 9.97 Å². The highest BCUT2D eigenvalue weighted by atomic mass is 32.2. The van der Waals surface area contributed by atoms with Crippen molar-refractivity contribution < 1.29 is 4.74 Å². The summed E-state index contributed by atoms with van der Waals surface area (Å²) in [6, 6.07) is 7.44. The van der Waals surface area contributed by atoms with E-state index >= 15 is 0 Å². The summed E-state index contributed by atoms with van der Waals surface area (Å²) in [4.78, 5) is 8.48. The highest BCUT2D eigenvalue weighted by Crippen LogP contribution is 2.15. The molecule has 0 fully saturated rings. The van der Waals surface area contributed by atoms with Crippen LogP contribution >= 0.6 is 11.8 Å². The van der Waals surface area contributed by atoms with E-state index in [4.69, 9.17) is 10.5 Å². The molecule has 0 bridgehead atoms. The van der Waals surface area contributed by atoms with Crippen LogP contribution in [0.5, 0.6) is 5.75 Å². The Morgan fingerprint density at radius 1 is 1.16 bits per heavy atom. The fraction of sp³-hybridized carbons (Fsp3) is 0.286. The molecular weight excluding hydrogens is 258 g/mol. The number of hydrogen-bond donors (Lipinski definition) is 1. The van der Waals surface area contributed by atoms with Crippen molar-refractivity contribution in [2.45, 2.75) is 18.5 Å². The number of nitrogen functional groups attached to an aromatic ring is 1. The van der Waals surface area contributed by atoms with Crippen molar-refractivity contribution >= 4 is 17.4 Å². The molecule has 2 aromatic rings. The highest BCUT2D eigenvalue weighted by Gasteiger charge is 1.98. The first-order valence-corrected chi connectivity index (χ1v) is 7.12. The van der Waals surface area contributed by atoms with Gasteiger partial charge in [-0.15, -0.1) is 0 Å². The summed E-state index contributed by atoms with van der Waals surface area (Å²) in [5.74, 6) is 1.80. The smallest absolute Gasteiger partial charge is 0.187 e. The predicted octanol–water partition coefficient (Wildman–Crippen LogP) is 2.93. The second-order valence-electron chi connectivity index (χ2n) is 4.16. The number of anilines is 1. The molecule has 1 aromatic carbocycles. The number of hydrogen-bond acceptors (Lipinski definition) is 5. The van der Waals surface area contributed by atoms with Crippen LogP contribution in [0.4, 0.5) is 5.69 Å². The van der Waals surface area contributed by atoms with Gasteiger partial charge in [-0.25, -0.2) is 9.97 Å². The quantitative estimate of drug-likeness (QED) is 0.380. The number of nitrogens with two attached hydrogens (primary N) is 1. The molecule has 0 aliphatic rings. The van der Waals surface area contributed by atoms with Gasteiger partial charge in [-0.2, -0.15) is 0 Å². The van der Waals surface area contributed by atoms with Crippen LogP contribution in [-0.2, 0) is 0 Å². The lowest BCUT2D eigenvalue weighted by molar-refractivity contribution is 0.319. The first-order chi connectivity index (χ1) is 9.24. The van der Waals surface area contributed by atoms with Crippen molar-refractivity contribution in [1.29, 1.82) is 0 Å². The standard InChI is InChI=1S/C14H17N3OS/c1-11-9-16-14(17-10-11)19-8-2-7-18-13-5-3-12(15)4-6-13/h3-6,9-10H,2,7-8,15H2,1H3. The average Bonchev–Trinajstić information content (AvgIpc) is 2.43. The molecule has 2 rings (SSSR count). The Morgan fingerprint density at radius 2 is 1.84 bits per heavy atom. The third kappa shape index (κ3) is 4.79. The molecule has 0 spiro atoms. The highest BCUT2D eigenvalue weighted by molar-refractivity contribution is 7.99. The van der Waals surface area contributed by atoms with Crippen molar-refractivity contribution in [3.63, 3.8) is 0 Å². The molecule has 5 heteroatoms. The van der Waals surface area contributed by atoms with Crippen LogP contribution in [-0.4, -0.2) is 22.3 Å². The van der Waals surface area contributed by atoms with Crippen molar-refractivity contribution in [2.75, 3.05) is 18.1 Å². The lowest BCUT2D eigenvalue weighted by Gasteiger charge is -2.05. The summed E-state index contributed by atoms with van der Waals surface area (Å²) in [7, 11) is 0. The summed E-state index contributed by atoms with van der Waals surface area (Å²) < 4.78 is 5.61. The van der Waals surface area contributed by atoms with E-state index in [-0.39, 0.29) is 0 Å². The van der Waals surface area contributed by atoms with Gasteiger partial charge in [0.25, 0.3) is 0 Å². The molecule has 2 N–H and O–H groups in total. The SMILES string of the molecule is Cc1cnc(SCCCOc2ccc(N)cc2)nc1. The summed E-state index contributed by atoms with van der Waals surface area (Å²) in [6.45, 7) is 2.66. The van der Waals surface area contributed by atoms with E-state index in [1.165, 1.54) is 0 Å². The van der Waals surface area contributed by atoms with Gasteiger partial charge in [0.1, 0.15) is 5.75 Å². The van der Waals surface area contributed by atoms with Gasteiger partial charge in [-0.3, -0.25) is 0 Å². The van der Waals surface area contributed by atoms with Gasteiger partial charge in [-0.05, 0) is 43.2 Å². The number of rotatable bonds is 6. The number of nitrogens with zero attached hydrogens (tertiary/aromatic N) is 2. The molecule has 0 atom stereocenters. The Bertz CT molecular complexity index is 452. The zero-order valence-corrected chi connectivity index (χ0v) is 11.7. The minimum atomic E-state index is 0.683. The zero-order valence-electron chi connectivity index (χ0n) is 10.9. The molecule has 0 unspecified atom stereocenters.